The molecule has 0 unspecified atom stereocenters. The number of pyridine rings is 1. The van der Waals surface area contributed by atoms with Crippen molar-refractivity contribution in [2.45, 2.75) is 51.1 Å². The van der Waals surface area contributed by atoms with Crippen LogP contribution in [0.3, 0.4) is 0 Å². The van der Waals surface area contributed by atoms with E-state index in [1.54, 1.807) is 6.07 Å². The molecule has 2 aromatic rings. The van der Waals surface area contributed by atoms with Crippen LogP contribution >= 0.6 is 0 Å². The number of hydrogen-bond acceptors (Lipinski definition) is 3. The number of carbonyl (C=O) groups excluding carboxylic acids is 3. The van der Waals surface area contributed by atoms with Gasteiger partial charge in [0.05, 0.1) is 0 Å². The molecule has 1 saturated heterocycles. The standard InChI is InChI=1S/C23H26N4O3/c1-17-7-9-18(10-8-17)16-26-14-5-2-6-19(26)24-20(28)11-15-27-21(29)23(25-22(27)30)12-3-4-13-23/h2,5-10,14H,3-4,11-13,15-16H2,1H3,(H,25,30). The second kappa shape index (κ2) is 8.26. The van der Waals surface area contributed by atoms with Gasteiger partial charge in [-0.3, -0.25) is 14.5 Å². The zero-order chi connectivity index (χ0) is 21.1. The van der Waals surface area contributed by atoms with Crippen molar-refractivity contribution in [1.82, 2.24) is 14.8 Å². The zero-order valence-electron chi connectivity index (χ0n) is 17.1. The molecule has 1 aromatic carbocycles. The van der Waals surface area contributed by atoms with E-state index >= 15 is 0 Å². The lowest BCUT2D eigenvalue weighted by Gasteiger charge is -2.19. The van der Waals surface area contributed by atoms with Crippen LogP contribution in [0.15, 0.2) is 53.7 Å². The Labute approximate surface area is 175 Å². The molecule has 2 heterocycles. The number of urea groups is 1. The van der Waals surface area contributed by atoms with Crippen LogP contribution in [-0.4, -0.2) is 39.4 Å². The lowest BCUT2D eigenvalue weighted by atomic mass is 9.98. The number of nitrogens with one attached hydrogen (secondary N) is 1. The van der Waals surface area contributed by atoms with Gasteiger partial charge in [0.2, 0.25) is 5.91 Å². The third-order valence-corrected chi connectivity index (χ3v) is 5.88. The molecule has 2 aliphatic rings. The van der Waals surface area contributed by atoms with Gasteiger partial charge in [0.1, 0.15) is 11.0 Å². The molecule has 30 heavy (non-hydrogen) atoms. The summed E-state index contributed by atoms with van der Waals surface area (Å²) in [6, 6.07) is 13.3. The molecule has 1 N–H and O–H groups in total. The molecule has 0 radical (unpaired) electrons. The van der Waals surface area contributed by atoms with Crippen LogP contribution < -0.4 is 10.8 Å². The van der Waals surface area contributed by atoms with E-state index in [2.05, 4.69) is 34.6 Å². The Kier molecular flexibility index (Phi) is 5.53. The highest BCUT2D eigenvalue weighted by atomic mass is 16.2. The molecule has 2 fully saturated rings. The van der Waals surface area contributed by atoms with Gasteiger partial charge < -0.3 is 9.88 Å². The molecule has 1 spiro atoms. The average molecular weight is 406 g/mol. The monoisotopic (exact) mass is 406 g/mol. The average Bonchev–Trinajstić information content (AvgIpc) is 3.29. The maximum Gasteiger partial charge on any atom is 0.325 e. The Morgan fingerprint density at radius 1 is 1.10 bits per heavy atom. The Balaban J connectivity index is 1.44. The molecule has 1 aliphatic carbocycles. The summed E-state index contributed by atoms with van der Waals surface area (Å²) in [4.78, 5) is 42.8. The number of amides is 4. The van der Waals surface area contributed by atoms with E-state index in [0.29, 0.717) is 24.9 Å². The molecule has 156 valence electrons. The van der Waals surface area contributed by atoms with E-state index in [9.17, 15) is 14.4 Å². The summed E-state index contributed by atoms with van der Waals surface area (Å²) in [6.07, 6.45) is 5.11. The van der Waals surface area contributed by atoms with Gasteiger partial charge in [0.15, 0.2) is 0 Å². The first-order valence-corrected chi connectivity index (χ1v) is 10.4. The maximum atomic E-state index is 12.7. The summed E-state index contributed by atoms with van der Waals surface area (Å²) in [5, 5.41) is 2.83. The summed E-state index contributed by atoms with van der Waals surface area (Å²) in [7, 11) is 0. The highest BCUT2D eigenvalue weighted by Gasteiger charge is 2.52. The van der Waals surface area contributed by atoms with Crippen LogP contribution in [0, 0.1) is 6.92 Å². The number of hydrogen-bond donors (Lipinski definition) is 1. The SMILES string of the molecule is Cc1ccc(Cn2ccccc2=NC(=O)CCN2C(=O)NC3(CCCC3)C2=O)cc1. The van der Waals surface area contributed by atoms with Crippen LogP contribution in [0.4, 0.5) is 4.79 Å². The topological polar surface area (TPSA) is 83.8 Å². The molecule has 0 atom stereocenters. The predicted molar refractivity (Wildman–Crippen MR) is 111 cm³/mol. The van der Waals surface area contributed by atoms with Crippen molar-refractivity contribution in [2.75, 3.05) is 6.54 Å². The molecule has 4 rings (SSSR count). The molecule has 7 nitrogen and oxygen atoms in total. The molecule has 7 heteroatoms. The van der Waals surface area contributed by atoms with Gasteiger partial charge in [-0.15, -0.1) is 0 Å². The molecule has 1 saturated carbocycles. The van der Waals surface area contributed by atoms with Crippen molar-refractivity contribution in [2.24, 2.45) is 4.99 Å². The smallest absolute Gasteiger partial charge is 0.325 e. The van der Waals surface area contributed by atoms with Gasteiger partial charge in [0.25, 0.3) is 5.91 Å². The van der Waals surface area contributed by atoms with E-state index in [4.69, 9.17) is 0 Å². The minimum absolute atomic E-state index is 0.00860. The Hall–Kier alpha value is -3.22. The van der Waals surface area contributed by atoms with Crippen LogP contribution in [0.5, 0.6) is 0 Å². The van der Waals surface area contributed by atoms with Crippen LogP contribution in [0.1, 0.15) is 43.2 Å². The first-order valence-electron chi connectivity index (χ1n) is 10.4. The summed E-state index contributed by atoms with van der Waals surface area (Å²) < 4.78 is 1.91. The van der Waals surface area contributed by atoms with Crippen LogP contribution in [0.25, 0.3) is 0 Å². The zero-order valence-corrected chi connectivity index (χ0v) is 17.1. The quantitative estimate of drug-likeness (QED) is 0.775. The Morgan fingerprint density at radius 2 is 1.83 bits per heavy atom. The number of aryl methyl sites for hydroxylation is 1. The molecule has 4 amide bonds. The van der Waals surface area contributed by atoms with E-state index < -0.39 is 11.6 Å². The number of carbonyl (C=O) groups is 3. The van der Waals surface area contributed by atoms with Crippen LogP contribution in [0.2, 0.25) is 0 Å². The largest absolute Gasteiger partial charge is 0.329 e. The molecular weight excluding hydrogens is 380 g/mol. The normalized spacial score (nSPS) is 18.3. The molecule has 1 aromatic heterocycles. The summed E-state index contributed by atoms with van der Waals surface area (Å²) >= 11 is 0. The van der Waals surface area contributed by atoms with Gasteiger partial charge in [-0.2, -0.15) is 4.99 Å². The fourth-order valence-corrected chi connectivity index (χ4v) is 4.18. The lowest BCUT2D eigenvalue weighted by Crippen LogP contribution is -2.44. The second-order valence-corrected chi connectivity index (χ2v) is 8.10. The number of aromatic nitrogens is 1. The van der Waals surface area contributed by atoms with Crippen molar-refractivity contribution in [3.8, 4) is 0 Å². The molecule has 0 bridgehead atoms. The fraction of sp³-hybridized carbons (Fsp3) is 0.391. The van der Waals surface area contributed by atoms with Gasteiger partial charge in [0, 0.05) is 25.7 Å². The van der Waals surface area contributed by atoms with Crippen LogP contribution in [-0.2, 0) is 16.1 Å². The third-order valence-electron chi connectivity index (χ3n) is 5.88. The predicted octanol–water partition coefficient (Wildman–Crippen LogP) is 2.53. The number of rotatable bonds is 5. The minimum atomic E-state index is -0.742. The maximum absolute atomic E-state index is 12.7. The molecule has 1 aliphatic heterocycles. The molecular formula is C23H26N4O3. The minimum Gasteiger partial charge on any atom is -0.329 e. The second-order valence-electron chi connectivity index (χ2n) is 8.10. The van der Waals surface area contributed by atoms with Crippen molar-refractivity contribution in [3.63, 3.8) is 0 Å². The van der Waals surface area contributed by atoms with Crippen molar-refractivity contribution in [1.29, 1.82) is 0 Å². The summed E-state index contributed by atoms with van der Waals surface area (Å²) in [6.45, 7) is 2.70. The van der Waals surface area contributed by atoms with Crippen molar-refractivity contribution in [3.05, 3.63) is 65.3 Å². The van der Waals surface area contributed by atoms with E-state index in [1.807, 2.05) is 29.8 Å². The first kappa shape index (κ1) is 20.1. The lowest BCUT2D eigenvalue weighted by molar-refractivity contribution is -0.131. The summed E-state index contributed by atoms with van der Waals surface area (Å²) in [5.41, 5.74) is 2.11. The third kappa shape index (κ3) is 4.06. The highest BCUT2D eigenvalue weighted by Crippen LogP contribution is 2.35. The number of benzene rings is 1. The Morgan fingerprint density at radius 3 is 2.57 bits per heavy atom. The summed E-state index contributed by atoms with van der Waals surface area (Å²) in [5.74, 6) is -0.557. The Bertz CT molecular complexity index is 1030. The fourth-order valence-electron chi connectivity index (χ4n) is 4.18. The van der Waals surface area contributed by atoms with Gasteiger partial charge in [-0.25, -0.2) is 4.79 Å². The van der Waals surface area contributed by atoms with Gasteiger partial charge in [-0.05, 0) is 37.5 Å². The van der Waals surface area contributed by atoms with Crippen molar-refractivity contribution >= 4 is 17.8 Å². The first-order chi connectivity index (χ1) is 14.5. The number of nitrogens with zero attached hydrogens (tertiary/aromatic N) is 3. The van der Waals surface area contributed by atoms with Crippen molar-refractivity contribution < 1.29 is 14.4 Å². The highest BCUT2D eigenvalue weighted by molar-refractivity contribution is 6.07. The van der Waals surface area contributed by atoms with E-state index in [0.717, 1.165) is 18.4 Å². The van der Waals surface area contributed by atoms with Gasteiger partial charge >= 0.3 is 6.03 Å². The van der Waals surface area contributed by atoms with E-state index in [-0.39, 0.29) is 24.8 Å². The van der Waals surface area contributed by atoms with Gasteiger partial charge in [-0.1, -0.05) is 48.7 Å². The van der Waals surface area contributed by atoms with E-state index in [1.165, 1.54) is 10.5 Å². The number of imide groups is 1.